The molecule has 112 valence electrons. The van der Waals surface area contributed by atoms with Crippen molar-refractivity contribution < 1.29 is 22.7 Å². The number of carbonyl (C=O) groups is 1. The van der Waals surface area contributed by atoms with Crippen LogP contribution in [0.4, 0.5) is 4.39 Å². The zero-order chi connectivity index (χ0) is 15.7. The molecule has 0 amide bonds. The average Bonchev–Trinajstić information content (AvgIpc) is 2.26. The van der Waals surface area contributed by atoms with Gasteiger partial charge in [-0.3, -0.25) is 0 Å². The summed E-state index contributed by atoms with van der Waals surface area (Å²) in [6, 6.07) is 2.22. The molecule has 0 bridgehead atoms. The van der Waals surface area contributed by atoms with E-state index in [1.54, 1.807) is 6.92 Å². The molecule has 20 heavy (non-hydrogen) atoms. The van der Waals surface area contributed by atoms with Gasteiger partial charge in [-0.25, -0.2) is 22.3 Å². The fraction of sp³-hybridized carbons (Fsp3) is 0.462. The summed E-state index contributed by atoms with van der Waals surface area (Å²) in [7, 11) is -4.12. The first-order chi connectivity index (χ1) is 8.95. The molecular formula is C13H18FNO4S. The molecule has 0 aliphatic rings. The standard InChI is InChI=1S/C13H18FNO4S/c1-8(13(2,3)4)15-20(18,19)11-7-9(12(16)17)5-6-10(11)14/h5-8,15H,1-4H3,(H,16,17). The molecule has 2 N–H and O–H groups in total. The highest BCUT2D eigenvalue weighted by atomic mass is 32.2. The lowest BCUT2D eigenvalue weighted by Gasteiger charge is -2.27. The number of hydrogen-bond donors (Lipinski definition) is 2. The minimum Gasteiger partial charge on any atom is -0.478 e. The quantitative estimate of drug-likeness (QED) is 0.893. The Morgan fingerprint density at radius 1 is 1.35 bits per heavy atom. The molecule has 0 fully saturated rings. The molecule has 0 saturated carbocycles. The maximum absolute atomic E-state index is 13.7. The Labute approximate surface area is 117 Å². The van der Waals surface area contributed by atoms with E-state index in [9.17, 15) is 17.6 Å². The van der Waals surface area contributed by atoms with E-state index < -0.39 is 32.7 Å². The monoisotopic (exact) mass is 303 g/mol. The maximum atomic E-state index is 13.7. The molecule has 0 saturated heterocycles. The number of rotatable bonds is 4. The average molecular weight is 303 g/mol. The van der Waals surface area contributed by atoms with Crippen LogP contribution in [0.25, 0.3) is 0 Å². The van der Waals surface area contributed by atoms with E-state index in [-0.39, 0.29) is 11.0 Å². The van der Waals surface area contributed by atoms with Gasteiger partial charge in [-0.2, -0.15) is 0 Å². The van der Waals surface area contributed by atoms with E-state index in [2.05, 4.69) is 4.72 Å². The van der Waals surface area contributed by atoms with Crippen molar-refractivity contribution in [2.45, 2.75) is 38.6 Å². The largest absolute Gasteiger partial charge is 0.478 e. The van der Waals surface area contributed by atoms with Crippen LogP contribution in [-0.2, 0) is 10.0 Å². The van der Waals surface area contributed by atoms with Crippen molar-refractivity contribution in [3.05, 3.63) is 29.6 Å². The van der Waals surface area contributed by atoms with Crippen LogP contribution in [0.3, 0.4) is 0 Å². The molecule has 1 atom stereocenters. The van der Waals surface area contributed by atoms with Crippen LogP contribution in [0, 0.1) is 11.2 Å². The number of sulfonamides is 1. The van der Waals surface area contributed by atoms with Crippen molar-refractivity contribution in [2.75, 3.05) is 0 Å². The molecule has 0 aliphatic carbocycles. The number of carboxylic acids is 1. The molecule has 1 aromatic carbocycles. The molecule has 7 heteroatoms. The van der Waals surface area contributed by atoms with E-state index in [0.29, 0.717) is 0 Å². The highest BCUT2D eigenvalue weighted by molar-refractivity contribution is 7.89. The van der Waals surface area contributed by atoms with Crippen LogP contribution in [0.5, 0.6) is 0 Å². The molecule has 5 nitrogen and oxygen atoms in total. The lowest BCUT2D eigenvalue weighted by molar-refractivity contribution is 0.0696. The summed E-state index contributed by atoms with van der Waals surface area (Å²) >= 11 is 0. The lowest BCUT2D eigenvalue weighted by Crippen LogP contribution is -2.41. The zero-order valence-corrected chi connectivity index (χ0v) is 12.6. The van der Waals surface area contributed by atoms with Crippen molar-refractivity contribution >= 4 is 16.0 Å². The summed E-state index contributed by atoms with van der Waals surface area (Å²) < 4.78 is 40.3. The van der Waals surface area contributed by atoms with Crippen molar-refractivity contribution in [3.63, 3.8) is 0 Å². The van der Waals surface area contributed by atoms with Gasteiger partial charge in [-0.05, 0) is 30.5 Å². The smallest absolute Gasteiger partial charge is 0.335 e. The molecule has 1 unspecified atom stereocenters. The van der Waals surface area contributed by atoms with Gasteiger partial charge in [0.2, 0.25) is 10.0 Å². The second-order valence-electron chi connectivity index (χ2n) is 5.66. The highest BCUT2D eigenvalue weighted by Crippen LogP contribution is 2.22. The number of hydrogen-bond acceptors (Lipinski definition) is 3. The van der Waals surface area contributed by atoms with Crippen LogP contribution in [-0.4, -0.2) is 25.5 Å². The predicted octanol–water partition coefficient (Wildman–Crippen LogP) is 2.24. The second-order valence-corrected chi connectivity index (χ2v) is 7.34. The van der Waals surface area contributed by atoms with Gasteiger partial charge in [0.15, 0.2) is 0 Å². The Morgan fingerprint density at radius 3 is 2.35 bits per heavy atom. The summed E-state index contributed by atoms with van der Waals surface area (Å²) in [5.74, 6) is -2.30. The molecule has 1 aromatic rings. The van der Waals surface area contributed by atoms with Crippen molar-refractivity contribution in [3.8, 4) is 0 Å². The van der Waals surface area contributed by atoms with E-state index in [4.69, 9.17) is 5.11 Å². The van der Waals surface area contributed by atoms with E-state index >= 15 is 0 Å². The molecule has 1 rings (SSSR count). The Hall–Kier alpha value is -1.47. The summed E-state index contributed by atoms with van der Waals surface area (Å²) in [5, 5.41) is 8.84. The zero-order valence-electron chi connectivity index (χ0n) is 11.8. The van der Waals surface area contributed by atoms with Gasteiger partial charge in [0.25, 0.3) is 0 Å². The molecule has 0 radical (unpaired) electrons. The summed E-state index contributed by atoms with van der Waals surface area (Å²) in [6.45, 7) is 7.18. The van der Waals surface area contributed by atoms with Crippen LogP contribution in [0.15, 0.2) is 23.1 Å². The molecule has 0 spiro atoms. The van der Waals surface area contributed by atoms with Gasteiger partial charge in [-0.15, -0.1) is 0 Å². The number of aromatic carboxylic acids is 1. The third-order valence-electron chi connectivity index (χ3n) is 3.10. The van der Waals surface area contributed by atoms with E-state index in [0.717, 1.165) is 18.2 Å². The Bertz CT molecular complexity index is 620. The fourth-order valence-corrected chi connectivity index (χ4v) is 2.87. The minimum absolute atomic E-state index is 0.282. The van der Waals surface area contributed by atoms with Gasteiger partial charge >= 0.3 is 5.97 Å². The number of halogens is 1. The Balaban J connectivity index is 3.22. The lowest BCUT2D eigenvalue weighted by atomic mass is 9.89. The molecule has 0 aromatic heterocycles. The van der Waals surface area contributed by atoms with Crippen molar-refractivity contribution in [2.24, 2.45) is 5.41 Å². The van der Waals surface area contributed by atoms with Crippen LogP contribution >= 0.6 is 0 Å². The SMILES string of the molecule is CC(NS(=O)(=O)c1cc(C(=O)O)ccc1F)C(C)(C)C. The third kappa shape index (κ3) is 3.77. The summed E-state index contributed by atoms with van der Waals surface area (Å²) in [6.07, 6.45) is 0. The fourth-order valence-electron chi connectivity index (χ4n) is 1.32. The Kier molecular flexibility index (Phi) is 4.55. The van der Waals surface area contributed by atoms with Crippen LogP contribution in [0.2, 0.25) is 0 Å². The molecule has 0 aliphatic heterocycles. The first-order valence-corrected chi connectivity index (χ1v) is 7.48. The number of benzene rings is 1. The van der Waals surface area contributed by atoms with E-state index in [1.165, 1.54) is 0 Å². The van der Waals surface area contributed by atoms with Crippen molar-refractivity contribution in [1.29, 1.82) is 0 Å². The second kappa shape index (κ2) is 5.49. The van der Waals surface area contributed by atoms with Crippen LogP contribution in [0.1, 0.15) is 38.1 Å². The molecule has 0 heterocycles. The van der Waals surface area contributed by atoms with Gasteiger partial charge in [0.1, 0.15) is 10.7 Å². The van der Waals surface area contributed by atoms with Gasteiger partial charge in [0.05, 0.1) is 5.56 Å². The van der Waals surface area contributed by atoms with Crippen molar-refractivity contribution in [1.82, 2.24) is 4.72 Å². The maximum Gasteiger partial charge on any atom is 0.335 e. The van der Waals surface area contributed by atoms with Gasteiger partial charge in [-0.1, -0.05) is 20.8 Å². The molecular weight excluding hydrogens is 285 g/mol. The number of nitrogens with one attached hydrogen (secondary N) is 1. The van der Waals surface area contributed by atoms with Gasteiger partial charge in [0, 0.05) is 6.04 Å². The van der Waals surface area contributed by atoms with Gasteiger partial charge < -0.3 is 5.11 Å². The summed E-state index contributed by atoms with van der Waals surface area (Å²) in [4.78, 5) is 10.2. The Morgan fingerprint density at radius 2 is 1.90 bits per heavy atom. The topological polar surface area (TPSA) is 83.5 Å². The third-order valence-corrected chi connectivity index (χ3v) is 4.65. The number of carboxylic acid groups (broad SMARTS) is 1. The predicted molar refractivity (Wildman–Crippen MR) is 72.6 cm³/mol. The van der Waals surface area contributed by atoms with Crippen LogP contribution < -0.4 is 4.72 Å². The minimum atomic E-state index is -4.12. The first-order valence-electron chi connectivity index (χ1n) is 6.00. The highest BCUT2D eigenvalue weighted by Gasteiger charge is 2.28. The normalized spacial score (nSPS) is 14.1. The first kappa shape index (κ1) is 16.6. The van der Waals surface area contributed by atoms with E-state index in [1.807, 2.05) is 20.8 Å². The summed E-state index contributed by atoms with van der Waals surface area (Å²) in [5.41, 5.74) is -0.635.